The molecule has 4 nitrogen and oxygen atoms in total. The van der Waals surface area contributed by atoms with E-state index in [0.29, 0.717) is 19.6 Å². The molecule has 0 radical (unpaired) electrons. The Hall–Kier alpha value is -1.13. The Morgan fingerprint density at radius 3 is 2.63 bits per heavy atom. The van der Waals surface area contributed by atoms with E-state index in [4.69, 9.17) is 4.74 Å². The fourth-order valence-electron chi connectivity index (χ4n) is 1.54. The molecule has 19 heavy (non-hydrogen) atoms. The Labute approximate surface area is 116 Å². The van der Waals surface area contributed by atoms with Gasteiger partial charge in [-0.1, -0.05) is 0 Å². The summed E-state index contributed by atoms with van der Waals surface area (Å²) >= 11 is 0. The predicted molar refractivity (Wildman–Crippen MR) is 77.4 cm³/mol. The van der Waals surface area contributed by atoms with Gasteiger partial charge in [0, 0.05) is 24.2 Å². The van der Waals surface area contributed by atoms with Gasteiger partial charge in [0.15, 0.2) is 0 Å². The van der Waals surface area contributed by atoms with Crippen molar-refractivity contribution in [3.05, 3.63) is 23.5 Å². The molecule has 0 aliphatic heterocycles. The van der Waals surface area contributed by atoms with Crippen LogP contribution in [0.15, 0.2) is 12.1 Å². The molecule has 4 heteroatoms. The lowest BCUT2D eigenvalue weighted by Crippen LogP contribution is -2.35. The standard InChI is InChI=1S/C15H26N2O2/c1-11-6-7-14(19-9-8-12(2)18)13(17-11)10-16-15(3,4)5/h6-7,12,16,18H,8-10H2,1-5H3. The van der Waals surface area contributed by atoms with Gasteiger partial charge in [-0.25, -0.2) is 0 Å². The van der Waals surface area contributed by atoms with Crippen LogP contribution in [0.25, 0.3) is 0 Å². The summed E-state index contributed by atoms with van der Waals surface area (Å²) in [6.07, 6.45) is 0.287. The molecule has 108 valence electrons. The largest absolute Gasteiger partial charge is 0.492 e. The van der Waals surface area contributed by atoms with Crippen LogP contribution in [0.2, 0.25) is 0 Å². The van der Waals surface area contributed by atoms with Crippen LogP contribution in [0.1, 0.15) is 45.5 Å². The maximum atomic E-state index is 9.25. The highest BCUT2D eigenvalue weighted by Crippen LogP contribution is 2.18. The minimum absolute atomic E-state index is 0.0440. The Balaban J connectivity index is 2.68. The highest BCUT2D eigenvalue weighted by molar-refractivity contribution is 5.29. The van der Waals surface area contributed by atoms with Crippen LogP contribution < -0.4 is 10.1 Å². The number of ether oxygens (including phenoxy) is 1. The molecule has 0 amide bonds. The number of rotatable bonds is 6. The van der Waals surface area contributed by atoms with E-state index in [1.807, 2.05) is 19.1 Å². The third-order valence-electron chi connectivity index (χ3n) is 2.65. The maximum Gasteiger partial charge on any atom is 0.142 e. The fourth-order valence-corrected chi connectivity index (χ4v) is 1.54. The van der Waals surface area contributed by atoms with Gasteiger partial charge in [-0.15, -0.1) is 0 Å². The average Bonchev–Trinajstić information content (AvgIpc) is 2.27. The lowest BCUT2D eigenvalue weighted by atomic mass is 10.1. The van der Waals surface area contributed by atoms with Crippen LogP contribution >= 0.6 is 0 Å². The van der Waals surface area contributed by atoms with Gasteiger partial charge in [0.2, 0.25) is 0 Å². The number of hydrogen-bond acceptors (Lipinski definition) is 4. The zero-order valence-corrected chi connectivity index (χ0v) is 12.7. The van der Waals surface area contributed by atoms with Crippen molar-refractivity contribution in [3.63, 3.8) is 0 Å². The number of aromatic nitrogens is 1. The summed E-state index contributed by atoms with van der Waals surface area (Å²) in [4.78, 5) is 4.52. The summed E-state index contributed by atoms with van der Waals surface area (Å²) in [5, 5.41) is 12.7. The number of nitrogens with zero attached hydrogens (tertiary/aromatic N) is 1. The van der Waals surface area contributed by atoms with E-state index in [0.717, 1.165) is 17.1 Å². The van der Waals surface area contributed by atoms with Crippen molar-refractivity contribution < 1.29 is 9.84 Å². The third kappa shape index (κ3) is 6.55. The molecular weight excluding hydrogens is 240 g/mol. The molecule has 0 aliphatic carbocycles. The van der Waals surface area contributed by atoms with Gasteiger partial charge in [0.25, 0.3) is 0 Å². The first-order chi connectivity index (χ1) is 8.78. The lowest BCUT2D eigenvalue weighted by Gasteiger charge is -2.21. The summed E-state index contributed by atoms with van der Waals surface area (Å²) in [7, 11) is 0. The summed E-state index contributed by atoms with van der Waals surface area (Å²) < 4.78 is 5.71. The van der Waals surface area contributed by atoms with Crippen LogP contribution in [0.3, 0.4) is 0 Å². The van der Waals surface area contributed by atoms with E-state index in [1.54, 1.807) is 6.92 Å². The molecule has 0 fully saturated rings. The zero-order valence-electron chi connectivity index (χ0n) is 12.7. The topological polar surface area (TPSA) is 54.4 Å². The maximum absolute atomic E-state index is 9.25. The van der Waals surface area contributed by atoms with Crippen LogP contribution in [0.4, 0.5) is 0 Å². The molecule has 1 atom stereocenters. The van der Waals surface area contributed by atoms with Crippen LogP contribution in [0, 0.1) is 6.92 Å². The normalized spacial score (nSPS) is 13.4. The highest BCUT2D eigenvalue weighted by atomic mass is 16.5. The monoisotopic (exact) mass is 266 g/mol. The summed E-state index contributed by atoms with van der Waals surface area (Å²) in [6.45, 7) is 11.3. The van der Waals surface area contributed by atoms with E-state index < -0.39 is 0 Å². The first kappa shape index (κ1) is 15.9. The summed E-state index contributed by atoms with van der Waals surface area (Å²) in [6, 6.07) is 3.89. The minimum Gasteiger partial charge on any atom is -0.492 e. The van der Waals surface area contributed by atoms with Crippen LogP contribution in [-0.4, -0.2) is 28.3 Å². The van der Waals surface area contributed by atoms with Crippen molar-refractivity contribution in [1.29, 1.82) is 0 Å². The van der Waals surface area contributed by atoms with Crippen LogP contribution in [-0.2, 0) is 6.54 Å². The van der Waals surface area contributed by atoms with Gasteiger partial charge in [0.1, 0.15) is 5.75 Å². The van der Waals surface area contributed by atoms with Gasteiger partial charge < -0.3 is 15.2 Å². The zero-order chi connectivity index (χ0) is 14.5. The van der Waals surface area contributed by atoms with Crippen molar-refractivity contribution in [2.24, 2.45) is 0 Å². The van der Waals surface area contributed by atoms with Crippen molar-refractivity contribution in [1.82, 2.24) is 10.3 Å². The molecule has 0 aromatic carbocycles. The van der Waals surface area contributed by atoms with Crippen molar-refractivity contribution >= 4 is 0 Å². The third-order valence-corrected chi connectivity index (χ3v) is 2.65. The number of hydrogen-bond donors (Lipinski definition) is 2. The van der Waals surface area contributed by atoms with E-state index in [1.165, 1.54) is 0 Å². The van der Waals surface area contributed by atoms with E-state index in [-0.39, 0.29) is 11.6 Å². The minimum atomic E-state index is -0.338. The molecule has 1 heterocycles. The average molecular weight is 266 g/mol. The highest BCUT2D eigenvalue weighted by Gasteiger charge is 2.12. The smallest absolute Gasteiger partial charge is 0.142 e. The van der Waals surface area contributed by atoms with Crippen LogP contribution in [0.5, 0.6) is 5.75 Å². The van der Waals surface area contributed by atoms with Gasteiger partial charge >= 0.3 is 0 Å². The molecule has 0 aliphatic rings. The fraction of sp³-hybridized carbons (Fsp3) is 0.667. The second-order valence-corrected chi connectivity index (χ2v) is 5.99. The van der Waals surface area contributed by atoms with Crippen molar-refractivity contribution in [3.8, 4) is 5.75 Å². The second-order valence-electron chi connectivity index (χ2n) is 5.99. The predicted octanol–water partition coefficient (Wildman–Crippen LogP) is 2.43. The van der Waals surface area contributed by atoms with Gasteiger partial charge in [-0.3, -0.25) is 4.98 Å². The lowest BCUT2D eigenvalue weighted by molar-refractivity contribution is 0.155. The molecule has 0 saturated heterocycles. The van der Waals surface area contributed by atoms with Gasteiger partial charge in [-0.2, -0.15) is 0 Å². The Kier molecular flexibility index (Phi) is 5.76. The Morgan fingerprint density at radius 1 is 1.37 bits per heavy atom. The number of aryl methyl sites for hydroxylation is 1. The number of aliphatic hydroxyl groups excluding tert-OH is 1. The molecule has 2 N–H and O–H groups in total. The summed E-state index contributed by atoms with van der Waals surface area (Å²) in [5.41, 5.74) is 1.94. The molecule has 0 bridgehead atoms. The summed E-state index contributed by atoms with van der Waals surface area (Å²) in [5.74, 6) is 0.794. The van der Waals surface area contributed by atoms with Gasteiger partial charge in [-0.05, 0) is 46.8 Å². The Morgan fingerprint density at radius 2 is 2.05 bits per heavy atom. The van der Waals surface area contributed by atoms with Gasteiger partial charge in [0.05, 0.1) is 18.4 Å². The quantitative estimate of drug-likeness (QED) is 0.830. The molecular formula is C15H26N2O2. The first-order valence-corrected chi connectivity index (χ1v) is 6.80. The Bertz CT molecular complexity index is 398. The second kappa shape index (κ2) is 6.87. The van der Waals surface area contributed by atoms with E-state index in [9.17, 15) is 5.11 Å². The molecule has 1 unspecified atom stereocenters. The van der Waals surface area contributed by atoms with Crippen molar-refractivity contribution in [2.75, 3.05) is 6.61 Å². The SMILES string of the molecule is Cc1ccc(OCCC(C)O)c(CNC(C)(C)C)n1. The number of pyridine rings is 1. The molecule has 1 aromatic rings. The van der Waals surface area contributed by atoms with E-state index >= 15 is 0 Å². The molecule has 0 saturated carbocycles. The number of aliphatic hydroxyl groups is 1. The first-order valence-electron chi connectivity index (χ1n) is 6.80. The number of nitrogens with one attached hydrogen (secondary N) is 1. The van der Waals surface area contributed by atoms with Crippen molar-refractivity contribution in [2.45, 2.75) is 59.2 Å². The molecule has 0 spiro atoms. The molecule has 1 rings (SSSR count). The molecule has 1 aromatic heterocycles. The van der Waals surface area contributed by atoms with E-state index in [2.05, 4.69) is 31.1 Å².